The Labute approximate surface area is 191 Å². The van der Waals surface area contributed by atoms with Crippen molar-refractivity contribution in [3.05, 3.63) is 70.2 Å². The third kappa shape index (κ3) is 5.26. The fourth-order valence-electron chi connectivity index (χ4n) is 3.59. The van der Waals surface area contributed by atoms with Crippen LogP contribution in [0.4, 0.5) is 5.69 Å². The minimum atomic E-state index is -0.214. The quantitative estimate of drug-likeness (QED) is 0.556. The van der Waals surface area contributed by atoms with Crippen LogP contribution < -0.4 is 19.7 Å². The number of hydrogen-bond donors (Lipinski definition) is 1. The van der Waals surface area contributed by atoms with E-state index in [1.165, 1.54) is 11.3 Å². The molecule has 2 heterocycles. The lowest BCUT2D eigenvalue weighted by Gasteiger charge is -2.27. The number of ether oxygens (including phenoxy) is 2. The summed E-state index contributed by atoms with van der Waals surface area (Å²) in [7, 11) is 1.54. The maximum Gasteiger partial charge on any atom is 0.251 e. The molecule has 0 spiro atoms. The standard InChI is InChI=1S/C24H25N3O4S/c1-30-22-12-18(8-9-21(22)31-14-19-15-32-16-26-19)24(29)25-13-17-5-4-6-20(11-17)27-10-3-2-7-23(27)28/h4-6,8-9,11-12,15-16H,2-3,7,10,13-14H2,1H3,(H,25,29). The Morgan fingerprint density at radius 1 is 1.19 bits per heavy atom. The summed E-state index contributed by atoms with van der Waals surface area (Å²) >= 11 is 1.51. The molecule has 3 aromatic rings. The number of carbonyl (C=O) groups excluding carboxylic acids is 2. The molecule has 1 N–H and O–H groups in total. The molecule has 2 aromatic carbocycles. The second-order valence-electron chi connectivity index (χ2n) is 7.49. The van der Waals surface area contributed by atoms with E-state index in [0.717, 1.165) is 36.3 Å². The van der Waals surface area contributed by atoms with E-state index in [4.69, 9.17) is 9.47 Å². The van der Waals surface area contributed by atoms with Crippen LogP contribution in [0.5, 0.6) is 11.5 Å². The van der Waals surface area contributed by atoms with Gasteiger partial charge in [-0.2, -0.15) is 0 Å². The topological polar surface area (TPSA) is 80.8 Å². The predicted molar refractivity (Wildman–Crippen MR) is 123 cm³/mol. The van der Waals surface area contributed by atoms with Gasteiger partial charge in [0.2, 0.25) is 5.91 Å². The molecule has 32 heavy (non-hydrogen) atoms. The molecule has 2 amide bonds. The molecule has 7 nitrogen and oxygen atoms in total. The molecule has 0 aliphatic carbocycles. The van der Waals surface area contributed by atoms with Gasteiger partial charge in [0.15, 0.2) is 11.5 Å². The van der Waals surface area contributed by atoms with Gasteiger partial charge in [-0.15, -0.1) is 11.3 Å². The SMILES string of the molecule is COc1cc(C(=O)NCc2cccc(N3CCCCC3=O)c2)ccc1OCc1cscn1. The molecule has 4 rings (SSSR count). The molecule has 1 fully saturated rings. The molecule has 1 aromatic heterocycles. The van der Waals surface area contributed by atoms with E-state index in [1.807, 2.05) is 34.5 Å². The van der Waals surface area contributed by atoms with Crippen LogP contribution in [0.3, 0.4) is 0 Å². The predicted octanol–water partition coefficient (Wildman–Crippen LogP) is 4.18. The van der Waals surface area contributed by atoms with Crippen LogP contribution in [0, 0.1) is 0 Å². The van der Waals surface area contributed by atoms with Gasteiger partial charge in [-0.05, 0) is 48.7 Å². The van der Waals surface area contributed by atoms with Crippen molar-refractivity contribution >= 4 is 28.8 Å². The Bertz CT molecular complexity index is 1080. The van der Waals surface area contributed by atoms with Crippen LogP contribution in [0.15, 0.2) is 53.4 Å². The summed E-state index contributed by atoms with van der Waals surface area (Å²) in [6.45, 7) is 1.44. The number of nitrogens with one attached hydrogen (secondary N) is 1. The van der Waals surface area contributed by atoms with Crippen molar-refractivity contribution in [1.29, 1.82) is 0 Å². The molecule has 0 unspecified atom stereocenters. The molecule has 1 aliphatic heterocycles. The largest absolute Gasteiger partial charge is 0.493 e. The maximum absolute atomic E-state index is 12.7. The van der Waals surface area contributed by atoms with Crippen molar-refractivity contribution in [3.8, 4) is 11.5 Å². The Kier molecular flexibility index (Phi) is 7.01. The first kappa shape index (κ1) is 21.8. The minimum absolute atomic E-state index is 0.154. The molecule has 166 valence electrons. The highest BCUT2D eigenvalue weighted by molar-refractivity contribution is 7.07. The molecular weight excluding hydrogens is 426 g/mol. The van der Waals surface area contributed by atoms with Crippen molar-refractivity contribution < 1.29 is 19.1 Å². The number of anilines is 1. The third-order valence-corrected chi connectivity index (χ3v) is 5.92. The third-order valence-electron chi connectivity index (χ3n) is 5.28. The number of piperidine rings is 1. The van der Waals surface area contributed by atoms with Crippen molar-refractivity contribution in [3.63, 3.8) is 0 Å². The molecular formula is C24H25N3O4S. The van der Waals surface area contributed by atoms with Gasteiger partial charge in [0.05, 0.1) is 18.3 Å². The number of thiazole rings is 1. The lowest BCUT2D eigenvalue weighted by atomic mass is 10.1. The highest BCUT2D eigenvalue weighted by Crippen LogP contribution is 2.29. The van der Waals surface area contributed by atoms with Crippen LogP contribution in [0.1, 0.15) is 40.9 Å². The lowest BCUT2D eigenvalue weighted by molar-refractivity contribution is -0.119. The Hall–Kier alpha value is -3.39. The number of nitrogens with zero attached hydrogens (tertiary/aromatic N) is 2. The van der Waals surface area contributed by atoms with Gasteiger partial charge >= 0.3 is 0 Å². The van der Waals surface area contributed by atoms with Crippen molar-refractivity contribution in [2.75, 3.05) is 18.6 Å². The van der Waals surface area contributed by atoms with E-state index in [9.17, 15) is 9.59 Å². The second-order valence-corrected chi connectivity index (χ2v) is 8.21. The van der Waals surface area contributed by atoms with E-state index >= 15 is 0 Å². The number of aromatic nitrogens is 1. The summed E-state index contributed by atoms with van der Waals surface area (Å²) < 4.78 is 11.2. The molecule has 0 atom stereocenters. The second kappa shape index (κ2) is 10.3. The summed E-state index contributed by atoms with van der Waals surface area (Å²) in [4.78, 5) is 30.9. The van der Waals surface area contributed by atoms with E-state index in [2.05, 4.69) is 10.3 Å². The zero-order valence-electron chi connectivity index (χ0n) is 17.9. The van der Waals surface area contributed by atoms with Crippen LogP contribution in [0.25, 0.3) is 0 Å². The van der Waals surface area contributed by atoms with Crippen molar-refractivity contribution in [2.24, 2.45) is 0 Å². The average Bonchev–Trinajstić information content (AvgIpc) is 3.35. The summed E-state index contributed by atoms with van der Waals surface area (Å²) in [5.41, 5.74) is 4.88. The monoisotopic (exact) mass is 451 g/mol. The van der Waals surface area contributed by atoms with Crippen molar-refractivity contribution in [1.82, 2.24) is 10.3 Å². The van der Waals surface area contributed by atoms with Gasteiger partial charge in [-0.25, -0.2) is 4.98 Å². The van der Waals surface area contributed by atoms with Gasteiger partial charge in [0, 0.05) is 36.1 Å². The first-order valence-electron chi connectivity index (χ1n) is 10.5. The van der Waals surface area contributed by atoms with E-state index < -0.39 is 0 Å². The number of carbonyl (C=O) groups is 2. The van der Waals surface area contributed by atoms with Gasteiger partial charge < -0.3 is 19.7 Å². The van der Waals surface area contributed by atoms with Gasteiger partial charge in [-0.1, -0.05) is 12.1 Å². The molecule has 0 bridgehead atoms. The normalized spacial score (nSPS) is 13.7. The fourth-order valence-corrected chi connectivity index (χ4v) is 4.13. The molecule has 1 aliphatic rings. The molecule has 0 radical (unpaired) electrons. The molecule has 0 saturated carbocycles. The summed E-state index contributed by atoms with van der Waals surface area (Å²) in [5.74, 6) is 0.977. The van der Waals surface area contributed by atoms with Crippen LogP contribution >= 0.6 is 11.3 Å². The zero-order chi connectivity index (χ0) is 22.3. The van der Waals surface area contributed by atoms with Crippen molar-refractivity contribution in [2.45, 2.75) is 32.4 Å². The Morgan fingerprint density at radius 3 is 2.88 bits per heavy atom. The van der Waals surface area contributed by atoms with Gasteiger partial charge in [0.25, 0.3) is 5.91 Å². The van der Waals surface area contributed by atoms with E-state index in [0.29, 0.717) is 36.6 Å². The fraction of sp³-hybridized carbons (Fsp3) is 0.292. The first-order chi connectivity index (χ1) is 15.6. The van der Waals surface area contributed by atoms with Gasteiger partial charge in [-0.3, -0.25) is 9.59 Å². The number of amides is 2. The minimum Gasteiger partial charge on any atom is -0.493 e. The summed E-state index contributed by atoms with van der Waals surface area (Å²) in [6, 6.07) is 12.8. The number of hydrogen-bond acceptors (Lipinski definition) is 6. The Balaban J connectivity index is 1.38. The van der Waals surface area contributed by atoms with Crippen LogP contribution in [-0.2, 0) is 17.9 Å². The van der Waals surface area contributed by atoms with Crippen LogP contribution in [0.2, 0.25) is 0 Å². The maximum atomic E-state index is 12.7. The number of benzene rings is 2. The first-order valence-corrected chi connectivity index (χ1v) is 11.4. The molecule has 1 saturated heterocycles. The van der Waals surface area contributed by atoms with E-state index in [-0.39, 0.29) is 11.8 Å². The summed E-state index contributed by atoms with van der Waals surface area (Å²) in [6.07, 6.45) is 2.55. The van der Waals surface area contributed by atoms with Gasteiger partial charge in [0.1, 0.15) is 6.61 Å². The average molecular weight is 452 g/mol. The number of methoxy groups -OCH3 is 1. The zero-order valence-corrected chi connectivity index (χ0v) is 18.7. The highest BCUT2D eigenvalue weighted by Gasteiger charge is 2.19. The van der Waals surface area contributed by atoms with Crippen LogP contribution in [-0.4, -0.2) is 30.5 Å². The smallest absolute Gasteiger partial charge is 0.251 e. The lowest BCUT2D eigenvalue weighted by Crippen LogP contribution is -2.35. The molecule has 8 heteroatoms. The number of rotatable bonds is 8. The Morgan fingerprint density at radius 2 is 2.09 bits per heavy atom. The summed E-state index contributed by atoms with van der Waals surface area (Å²) in [5, 5.41) is 4.86. The highest BCUT2D eigenvalue weighted by atomic mass is 32.1. The van der Waals surface area contributed by atoms with E-state index in [1.54, 1.807) is 30.8 Å².